The summed E-state index contributed by atoms with van der Waals surface area (Å²) in [5.74, 6) is 0.936. The van der Waals surface area contributed by atoms with E-state index in [1.165, 1.54) is 0 Å². The van der Waals surface area contributed by atoms with Crippen LogP contribution in [-0.2, 0) is 0 Å². The van der Waals surface area contributed by atoms with Gasteiger partial charge in [0.1, 0.15) is 5.82 Å². The Kier molecular flexibility index (Phi) is 4.14. The predicted octanol–water partition coefficient (Wildman–Crippen LogP) is 3.74. The number of fused-ring (bicyclic) bond motifs is 1. The molecule has 4 rings (SSSR count). The molecule has 1 saturated heterocycles. The topological polar surface area (TPSA) is 49.6 Å². The third kappa shape index (κ3) is 2.86. The zero-order chi connectivity index (χ0) is 17.2. The number of amides is 1. The highest BCUT2D eigenvalue weighted by Crippen LogP contribution is 2.32. The van der Waals surface area contributed by atoms with Gasteiger partial charge in [-0.3, -0.25) is 4.79 Å². The molecule has 0 bridgehead atoms. The first-order valence-electron chi connectivity index (χ1n) is 8.79. The van der Waals surface area contributed by atoms with E-state index >= 15 is 0 Å². The molecule has 25 heavy (non-hydrogen) atoms. The number of nitrogens with one attached hydrogen (secondary N) is 1. The SMILES string of the molecule is CNc1nc([C@@H]2CCCCN2C(=O)c2ccccc2)cn2cccc12. The number of hydrogen-bond acceptors (Lipinski definition) is 3. The second-order valence-corrected chi connectivity index (χ2v) is 6.44. The molecule has 0 aliphatic carbocycles. The normalized spacial score (nSPS) is 17.6. The number of carbonyl (C=O) groups excluding carboxylic acids is 1. The van der Waals surface area contributed by atoms with E-state index < -0.39 is 0 Å². The number of aromatic nitrogens is 2. The minimum Gasteiger partial charge on any atom is -0.371 e. The molecule has 5 nitrogen and oxygen atoms in total. The number of likely N-dealkylation sites (tertiary alicyclic amines) is 1. The summed E-state index contributed by atoms with van der Waals surface area (Å²) in [6.45, 7) is 0.776. The highest BCUT2D eigenvalue weighted by Gasteiger charge is 2.30. The molecule has 0 spiro atoms. The Morgan fingerprint density at radius 2 is 2.00 bits per heavy atom. The van der Waals surface area contributed by atoms with Gasteiger partial charge in [-0.15, -0.1) is 0 Å². The lowest BCUT2D eigenvalue weighted by Crippen LogP contribution is -2.39. The van der Waals surface area contributed by atoms with E-state index in [2.05, 4.69) is 15.9 Å². The van der Waals surface area contributed by atoms with Crippen LogP contribution < -0.4 is 5.32 Å². The van der Waals surface area contributed by atoms with Crippen LogP contribution >= 0.6 is 0 Å². The summed E-state index contributed by atoms with van der Waals surface area (Å²) < 4.78 is 2.08. The maximum atomic E-state index is 13.0. The van der Waals surface area contributed by atoms with Crippen molar-refractivity contribution in [2.75, 3.05) is 18.9 Å². The van der Waals surface area contributed by atoms with Gasteiger partial charge in [-0.1, -0.05) is 18.2 Å². The summed E-state index contributed by atoms with van der Waals surface area (Å²) in [6, 6.07) is 13.6. The Morgan fingerprint density at radius 3 is 2.80 bits per heavy atom. The van der Waals surface area contributed by atoms with Crippen molar-refractivity contribution in [1.82, 2.24) is 14.3 Å². The average molecular weight is 334 g/mol. The summed E-state index contributed by atoms with van der Waals surface area (Å²) in [4.78, 5) is 19.8. The van der Waals surface area contributed by atoms with Crippen molar-refractivity contribution >= 4 is 17.2 Å². The van der Waals surface area contributed by atoms with Crippen LogP contribution in [-0.4, -0.2) is 33.8 Å². The number of benzene rings is 1. The quantitative estimate of drug-likeness (QED) is 0.794. The van der Waals surface area contributed by atoms with E-state index in [1.54, 1.807) is 0 Å². The second-order valence-electron chi connectivity index (χ2n) is 6.44. The van der Waals surface area contributed by atoms with Gasteiger partial charge in [0.05, 0.1) is 17.3 Å². The summed E-state index contributed by atoms with van der Waals surface area (Å²) in [5, 5.41) is 3.18. The maximum absolute atomic E-state index is 13.0. The van der Waals surface area contributed by atoms with Gasteiger partial charge in [-0.25, -0.2) is 4.98 Å². The summed E-state index contributed by atoms with van der Waals surface area (Å²) in [6.07, 6.45) is 7.18. The molecule has 1 atom stereocenters. The number of anilines is 1. The van der Waals surface area contributed by atoms with Crippen molar-refractivity contribution in [1.29, 1.82) is 0 Å². The highest BCUT2D eigenvalue weighted by atomic mass is 16.2. The Balaban J connectivity index is 1.73. The molecule has 0 unspecified atom stereocenters. The standard InChI is InChI=1S/C20H22N4O/c1-21-19-18-11-7-12-23(18)14-16(22-19)17-10-5-6-13-24(17)20(25)15-8-3-2-4-9-15/h2-4,7-9,11-12,14,17H,5-6,10,13H2,1H3,(H,21,22)/t17-/m0/s1. The molecule has 1 aliphatic heterocycles. The van der Waals surface area contributed by atoms with Crippen LogP contribution in [0.5, 0.6) is 0 Å². The first-order chi connectivity index (χ1) is 12.3. The lowest BCUT2D eigenvalue weighted by molar-refractivity contribution is 0.0605. The molecule has 128 valence electrons. The molecule has 5 heteroatoms. The van der Waals surface area contributed by atoms with Crippen LogP contribution in [0.25, 0.3) is 5.52 Å². The van der Waals surface area contributed by atoms with E-state index in [0.717, 1.165) is 48.4 Å². The number of rotatable bonds is 3. The van der Waals surface area contributed by atoms with E-state index in [-0.39, 0.29) is 11.9 Å². The van der Waals surface area contributed by atoms with Gasteiger partial charge < -0.3 is 14.6 Å². The van der Waals surface area contributed by atoms with Crippen LogP contribution in [0, 0.1) is 0 Å². The first kappa shape index (κ1) is 15.7. The Labute approximate surface area is 147 Å². The van der Waals surface area contributed by atoms with Crippen LogP contribution in [0.3, 0.4) is 0 Å². The van der Waals surface area contributed by atoms with Crippen LogP contribution in [0.2, 0.25) is 0 Å². The zero-order valence-electron chi connectivity index (χ0n) is 14.4. The molecular weight excluding hydrogens is 312 g/mol. The average Bonchev–Trinajstić information content (AvgIpc) is 3.16. The van der Waals surface area contributed by atoms with Crippen molar-refractivity contribution in [2.24, 2.45) is 0 Å². The van der Waals surface area contributed by atoms with Crippen molar-refractivity contribution < 1.29 is 4.79 Å². The minimum atomic E-state index is 0.0142. The zero-order valence-corrected chi connectivity index (χ0v) is 14.4. The molecule has 0 saturated carbocycles. The molecule has 1 fully saturated rings. The Bertz CT molecular complexity index is 887. The van der Waals surface area contributed by atoms with Gasteiger partial charge in [-0.2, -0.15) is 0 Å². The smallest absolute Gasteiger partial charge is 0.254 e. The van der Waals surface area contributed by atoms with E-state index in [4.69, 9.17) is 4.98 Å². The molecule has 1 aromatic carbocycles. The molecule has 3 heterocycles. The molecule has 1 amide bonds. The highest BCUT2D eigenvalue weighted by molar-refractivity contribution is 5.94. The van der Waals surface area contributed by atoms with Crippen molar-refractivity contribution in [3.8, 4) is 0 Å². The van der Waals surface area contributed by atoms with Gasteiger partial charge in [0.2, 0.25) is 0 Å². The fourth-order valence-electron chi connectivity index (χ4n) is 3.64. The van der Waals surface area contributed by atoms with Gasteiger partial charge in [0, 0.05) is 31.5 Å². The second kappa shape index (κ2) is 6.59. The van der Waals surface area contributed by atoms with Gasteiger partial charge in [0.15, 0.2) is 0 Å². The summed E-state index contributed by atoms with van der Waals surface area (Å²) in [7, 11) is 1.88. The van der Waals surface area contributed by atoms with Crippen LogP contribution in [0.4, 0.5) is 5.82 Å². The number of hydrogen-bond donors (Lipinski definition) is 1. The fourth-order valence-corrected chi connectivity index (χ4v) is 3.64. The van der Waals surface area contributed by atoms with Crippen LogP contribution in [0.1, 0.15) is 41.4 Å². The van der Waals surface area contributed by atoms with Gasteiger partial charge in [-0.05, 0) is 43.5 Å². The Hall–Kier alpha value is -2.82. The van der Waals surface area contributed by atoms with Gasteiger partial charge in [0.25, 0.3) is 5.91 Å². The summed E-state index contributed by atoms with van der Waals surface area (Å²) in [5.41, 5.74) is 2.73. The predicted molar refractivity (Wildman–Crippen MR) is 98.8 cm³/mol. The molecule has 1 N–H and O–H groups in total. The largest absolute Gasteiger partial charge is 0.371 e. The maximum Gasteiger partial charge on any atom is 0.254 e. The van der Waals surface area contributed by atoms with Gasteiger partial charge >= 0.3 is 0 Å². The van der Waals surface area contributed by atoms with Crippen molar-refractivity contribution in [3.63, 3.8) is 0 Å². The third-order valence-electron chi connectivity index (χ3n) is 4.90. The number of carbonyl (C=O) groups is 1. The first-order valence-corrected chi connectivity index (χ1v) is 8.79. The molecule has 1 aliphatic rings. The summed E-state index contributed by atoms with van der Waals surface area (Å²) >= 11 is 0. The van der Waals surface area contributed by atoms with E-state index in [1.807, 2.05) is 60.6 Å². The molecule has 3 aromatic rings. The minimum absolute atomic E-state index is 0.0142. The molecular formula is C20H22N4O. The van der Waals surface area contributed by atoms with E-state index in [0.29, 0.717) is 0 Å². The molecule has 0 radical (unpaired) electrons. The van der Waals surface area contributed by atoms with Crippen LogP contribution in [0.15, 0.2) is 54.9 Å². The monoisotopic (exact) mass is 334 g/mol. The lowest BCUT2D eigenvalue weighted by atomic mass is 9.98. The lowest BCUT2D eigenvalue weighted by Gasteiger charge is -2.35. The van der Waals surface area contributed by atoms with E-state index in [9.17, 15) is 4.79 Å². The number of nitrogens with zero attached hydrogens (tertiary/aromatic N) is 3. The Morgan fingerprint density at radius 1 is 1.16 bits per heavy atom. The number of piperidine rings is 1. The van der Waals surface area contributed by atoms with Crippen molar-refractivity contribution in [3.05, 3.63) is 66.1 Å². The third-order valence-corrected chi connectivity index (χ3v) is 4.90. The molecule has 2 aromatic heterocycles. The fraction of sp³-hybridized carbons (Fsp3) is 0.300. The van der Waals surface area contributed by atoms with Crippen molar-refractivity contribution in [2.45, 2.75) is 25.3 Å².